The molecule has 7 nitrogen and oxygen atoms in total. The van der Waals surface area contributed by atoms with Crippen LogP contribution in [0.15, 0.2) is 50.8 Å². The summed E-state index contributed by atoms with van der Waals surface area (Å²) in [5.41, 5.74) is 5.98. The van der Waals surface area contributed by atoms with Crippen molar-refractivity contribution in [2.45, 2.75) is 0 Å². The SMILES string of the molecule is N/C(=N/O)c1ccc(Br)cc1NC(=O)c1cccc(=O)[nH]1. The molecular weight excluding hydrogens is 340 g/mol. The Morgan fingerprint density at radius 3 is 2.76 bits per heavy atom. The molecule has 1 aromatic carbocycles. The average molecular weight is 351 g/mol. The lowest BCUT2D eigenvalue weighted by Crippen LogP contribution is -2.21. The summed E-state index contributed by atoms with van der Waals surface area (Å²) in [4.78, 5) is 25.7. The van der Waals surface area contributed by atoms with Crippen LogP contribution in [0.25, 0.3) is 0 Å². The van der Waals surface area contributed by atoms with Crippen molar-refractivity contribution in [2.24, 2.45) is 10.9 Å². The Morgan fingerprint density at radius 1 is 1.33 bits per heavy atom. The average Bonchev–Trinajstić information content (AvgIpc) is 2.46. The van der Waals surface area contributed by atoms with Crippen molar-refractivity contribution < 1.29 is 10.0 Å². The van der Waals surface area contributed by atoms with Crippen LogP contribution in [0.3, 0.4) is 0 Å². The fourth-order valence-corrected chi connectivity index (χ4v) is 2.03. The predicted octanol–water partition coefficient (Wildman–Crippen LogP) is 1.48. The second-order valence-corrected chi connectivity index (χ2v) is 4.97. The first kappa shape index (κ1) is 14.8. The van der Waals surface area contributed by atoms with Gasteiger partial charge in [0.25, 0.3) is 5.91 Å². The van der Waals surface area contributed by atoms with E-state index in [1.807, 2.05) is 0 Å². The number of carbonyl (C=O) groups is 1. The van der Waals surface area contributed by atoms with Crippen molar-refractivity contribution in [3.63, 3.8) is 0 Å². The highest BCUT2D eigenvalue weighted by Crippen LogP contribution is 2.21. The number of carbonyl (C=O) groups excluding carboxylic acids is 1. The van der Waals surface area contributed by atoms with Crippen molar-refractivity contribution in [2.75, 3.05) is 5.32 Å². The van der Waals surface area contributed by atoms with E-state index >= 15 is 0 Å². The van der Waals surface area contributed by atoms with Gasteiger partial charge >= 0.3 is 0 Å². The van der Waals surface area contributed by atoms with Crippen LogP contribution in [0.5, 0.6) is 0 Å². The van der Waals surface area contributed by atoms with Gasteiger partial charge < -0.3 is 21.2 Å². The van der Waals surface area contributed by atoms with Gasteiger partial charge in [0.1, 0.15) is 5.69 Å². The van der Waals surface area contributed by atoms with Gasteiger partial charge in [0.15, 0.2) is 5.84 Å². The number of pyridine rings is 1. The van der Waals surface area contributed by atoms with E-state index in [1.54, 1.807) is 18.2 Å². The lowest BCUT2D eigenvalue weighted by molar-refractivity contribution is 0.102. The zero-order chi connectivity index (χ0) is 15.4. The highest BCUT2D eigenvalue weighted by Gasteiger charge is 2.12. The van der Waals surface area contributed by atoms with Crippen LogP contribution < -0.4 is 16.6 Å². The highest BCUT2D eigenvalue weighted by molar-refractivity contribution is 9.10. The highest BCUT2D eigenvalue weighted by atomic mass is 79.9. The number of amidine groups is 1. The summed E-state index contributed by atoms with van der Waals surface area (Å²) in [6, 6.07) is 9.12. The molecule has 0 saturated carbocycles. The number of rotatable bonds is 3. The van der Waals surface area contributed by atoms with Crippen LogP contribution in [0.4, 0.5) is 5.69 Å². The molecule has 0 atom stereocenters. The standard InChI is InChI=1S/C13H11BrN4O3/c14-7-4-5-8(12(15)18-21)10(6-7)17-13(20)9-2-1-3-11(19)16-9/h1-6,21H,(H2,15,18)(H,16,19)(H,17,20). The number of aromatic nitrogens is 1. The van der Waals surface area contributed by atoms with Crippen molar-refractivity contribution >= 4 is 33.4 Å². The molecule has 0 spiro atoms. The second kappa shape index (κ2) is 6.23. The summed E-state index contributed by atoms with van der Waals surface area (Å²) in [6.07, 6.45) is 0. The molecule has 0 aliphatic heterocycles. The Balaban J connectivity index is 2.37. The second-order valence-electron chi connectivity index (χ2n) is 4.06. The fourth-order valence-electron chi connectivity index (χ4n) is 1.67. The van der Waals surface area contributed by atoms with Gasteiger partial charge in [-0.2, -0.15) is 0 Å². The van der Waals surface area contributed by atoms with Crippen LogP contribution in [-0.2, 0) is 0 Å². The first-order chi connectivity index (χ1) is 10.0. The molecule has 8 heteroatoms. The molecule has 0 unspecified atom stereocenters. The Labute approximate surface area is 127 Å². The number of nitrogens with zero attached hydrogens (tertiary/aromatic N) is 1. The van der Waals surface area contributed by atoms with Crippen LogP contribution in [0.2, 0.25) is 0 Å². The normalized spacial score (nSPS) is 11.2. The molecule has 0 aliphatic carbocycles. The predicted molar refractivity (Wildman–Crippen MR) is 81.7 cm³/mol. The molecule has 1 aromatic heterocycles. The van der Waals surface area contributed by atoms with E-state index in [1.165, 1.54) is 18.2 Å². The zero-order valence-electron chi connectivity index (χ0n) is 10.6. The van der Waals surface area contributed by atoms with E-state index in [9.17, 15) is 9.59 Å². The minimum absolute atomic E-state index is 0.105. The van der Waals surface area contributed by atoms with Gasteiger partial charge in [-0.15, -0.1) is 0 Å². The van der Waals surface area contributed by atoms with Gasteiger partial charge in [0.2, 0.25) is 5.56 Å². The number of hydrogen-bond acceptors (Lipinski definition) is 4. The maximum Gasteiger partial charge on any atom is 0.272 e. The third-order valence-corrected chi connectivity index (χ3v) is 3.12. The number of benzene rings is 1. The van der Waals surface area contributed by atoms with E-state index in [-0.39, 0.29) is 17.1 Å². The van der Waals surface area contributed by atoms with E-state index in [0.717, 1.165) is 0 Å². The first-order valence-electron chi connectivity index (χ1n) is 5.79. The minimum Gasteiger partial charge on any atom is -0.409 e. The molecule has 1 heterocycles. The number of nitrogens with one attached hydrogen (secondary N) is 2. The molecule has 0 radical (unpaired) electrons. The van der Waals surface area contributed by atoms with Crippen LogP contribution in [0, 0.1) is 0 Å². The Morgan fingerprint density at radius 2 is 2.10 bits per heavy atom. The van der Waals surface area contributed by atoms with E-state index in [4.69, 9.17) is 10.9 Å². The Kier molecular flexibility index (Phi) is 4.39. The summed E-state index contributed by atoms with van der Waals surface area (Å²) >= 11 is 3.27. The van der Waals surface area contributed by atoms with Crippen molar-refractivity contribution in [1.82, 2.24) is 4.98 Å². The van der Waals surface area contributed by atoms with Crippen LogP contribution in [0.1, 0.15) is 16.1 Å². The molecule has 108 valence electrons. The molecule has 0 saturated heterocycles. The molecule has 2 rings (SSSR count). The zero-order valence-corrected chi connectivity index (χ0v) is 12.2. The molecular formula is C13H11BrN4O3. The maximum atomic E-state index is 12.1. The monoisotopic (exact) mass is 350 g/mol. The number of oxime groups is 1. The summed E-state index contributed by atoms with van der Waals surface area (Å²) in [5.74, 6) is -0.655. The van der Waals surface area contributed by atoms with Crippen LogP contribution in [-0.4, -0.2) is 21.9 Å². The quantitative estimate of drug-likeness (QED) is 0.290. The number of amides is 1. The lowest BCUT2D eigenvalue weighted by atomic mass is 10.1. The summed E-state index contributed by atoms with van der Waals surface area (Å²) in [6.45, 7) is 0. The molecule has 0 bridgehead atoms. The summed E-state index contributed by atoms with van der Waals surface area (Å²) in [5, 5.41) is 14.3. The smallest absolute Gasteiger partial charge is 0.272 e. The number of nitrogens with two attached hydrogens (primary N) is 1. The third-order valence-electron chi connectivity index (χ3n) is 2.63. The van der Waals surface area contributed by atoms with Crippen molar-refractivity contribution in [3.05, 3.63) is 62.5 Å². The third kappa shape index (κ3) is 3.48. The fraction of sp³-hybridized carbons (Fsp3) is 0. The molecule has 1 amide bonds. The van der Waals surface area contributed by atoms with Gasteiger partial charge in [-0.05, 0) is 24.3 Å². The minimum atomic E-state index is -0.516. The van der Waals surface area contributed by atoms with Crippen molar-refractivity contribution in [3.8, 4) is 0 Å². The Bertz CT molecular complexity index is 770. The van der Waals surface area contributed by atoms with Gasteiger partial charge in [-0.1, -0.05) is 27.2 Å². The number of H-pyrrole nitrogens is 1. The van der Waals surface area contributed by atoms with E-state index in [0.29, 0.717) is 15.7 Å². The number of aromatic amines is 1. The first-order valence-corrected chi connectivity index (χ1v) is 6.58. The van der Waals surface area contributed by atoms with E-state index < -0.39 is 5.91 Å². The van der Waals surface area contributed by atoms with Crippen molar-refractivity contribution in [1.29, 1.82) is 0 Å². The molecule has 21 heavy (non-hydrogen) atoms. The number of anilines is 1. The van der Waals surface area contributed by atoms with Gasteiger partial charge in [-0.3, -0.25) is 9.59 Å². The van der Waals surface area contributed by atoms with Gasteiger partial charge in [0.05, 0.1) is 5.69 Å². The van der Waals surface area contributed by atoms with Gasteiger partial charge in [0, 0.05) is 16.1 Å². The van der Waals surface area contributed by atoms with Gasteiger partial charge in [-0.25, -0.2) is 0 Å². The molecule has 5 N–H and O–H groups in total. The van der Waals surface area contributed by atoms with Crippen LogP contribution >= 0.6 is 15.9 Å². The molecule has 2 aromatic rings. The topological polar surface area (TPSA) is 121 Å². The largest absolute Gasteiger partial charge is 0.409 e. The number of hydrogen-bond donors (Lipinski definition) is 4. The lowest BCUT2D eigenvalue weighted by Gasteiger charge is -2.10. The Hall–Kier alpha value is -2.61. The van der Waals surface area contributed by atoms with E-state index in [2.05, 4.69) is 31.4 Å². The molecule has 0 fully saturated rings. The maximum absolute atomic E-state index is 12.1. The summed E-state index contributed by atoms with van der Waals surface area (Å²) in [7, 11) is 0. The molecule has 0 aliphatic rings. The number of halogens is 1. The summed E-state index contributed by atoms with van der Waals surface area (Å²) < 4.78 is 0.703.